The molecule has 174 valence electrons. The zero-order valence-corrected chi connectivity index (χ0v) is 19.7. The number of carbonyl (C=O) groups excluding carboxylic acids is 1. The maximum atomic E-state index is 10.6. The molecule has 29 heavy (non-hydrogen) atoms. The van der Waals surface area contributed by atoms with E-state index in [4.69, 9.17) is 4.55 Å². The van der Waals surface area contributed by atoms with Crippen LogP contribution in [-0.4, -0.2) is 24.6 Å². The van der Waals surface area contributed by atoms with Gasteiger partial charge in [-0.1, -0.05) is 123 Å². The summed E-state index contributed by atoms with van der Waals surface area (Å²) in [6.45, 7) is 5.36. The fourth-order valence-corrected chi connectivity index (χ4v) is 3.76. The molecule has 5 nitrogen and oxygen atoms in total. The van der Waals surface area contributed by atoms with Crippen LogP contribution < -0.4 is 5.73 Å². The third kappa shape index (κ3) is 35.0. The monoisotopic (exact) mass is 433 g/mol. The predicted octanol–water partition coefficient (Wildman–Crippen LogP) is 6.57. The van der Waals surface area contributed by atoms with Crippen molar-refractivity contribution in [1.29, 1.82) is 0 Å². The van der Waals surface area contributed by atoms with Crippen molar-refractivity contribution >= 4 is 16.0 Å². The zero-order chi connectivity index (χ0) is 22.2. The molecule has 0 aliphatic heterocycles. The molecule has 1 amide bonds. The maximum Gasteiger partial charge on any atom is 0.264 e. The molecule has 0 rings (SSSR count). The van der Waals surface area contributed by atoms with Crippen LogP contribution in [0.2, 0.25) is 0 Å². The minimum Gasteiger partial charge on any atom is -0.366 e. The number of rotatable bonds is 20. The van der Waals surface area contributed by atoms with Gasteiger partial charge in [0, 0.05) is 0 Å². The Kier molecular flexibility index (Phi) is 24.5. The topological polar surface area (TPSA) is 97.5 Å². The van der Waals surface area contributed by atoms with Crippen molar-refractivity contribution in [3.63, 3.8) is 0 Å². The van der Waals surface area contributed by atoms with Crippen molar-refractivity contribution in [2.24, 2.45) is 5.73 Å². The molecule has 0 fully saturated rings. The number of primary amides is 1. The van der Waals surface area contributed by atoms with Crippen molar-refractivity contribution < 1.29 is 17.8 Å². The second-order valence-electron chi connectivity index (χ2n) is 7.90. The van der Waals surface area contributed by atoms with Crippen LogP contribution in [-0.2, 0) is 14.9 Å². The summed E-state index contributed by atoms with van der Waals surface area (Å²) in [5.41, 5.74) is 4.53. The lowest BCUT2D eigenvalue weighted by Crippen LogP contribution is -2.04. The lowest BCUT2D eigenvalue weighted by atomic mass is 10.0. The molecule has 0 aromatic rings. The van der Waals surface area contributed by atoms with Gasteiger partial charge in [-0.2, -0.15) is 8.42 Å². The van der Waals surface area contributed by atoms with Gasteiger partial charge in [-0.15, -0.1) is 0 Å². The Bertz CT molecular complexity index is 463. The summed E-state index contributed by atoms with van der Waals surface area (Å²) in [6.07, 6.45) is 24.3. The van der Waals surface area contributed by atoms with Gasteiger partial charge >= 0.3 is 0 Å². The Morgan fingerprint density at radius 3 is 1.17 bits per heavy atom. The summed E-state index contributed by atoms with van der Waals surface area (Å²) in [6, 6.07) is 0. The Balaban J connectivity index is 0. The van der Waals surface area contributed by atoms with E-state index in [1.54, 1.807) is 0 Å². The minimum atomic E-state index is -3.75. The van der Waals surface area contributed by atoms with Crippen molar-refractivity contribution in [3.8, 4) is 0 Å². The van der Waals surface area contributed by atoms with Crippen LogP contribution in [0.5, 0.6) is 0 Å². The average molecular weight is 434 g/mol. The second-order valence-corrected chi connectivity index (χ2v) is 9.48. The molecule has 6 heteroatoms. The van der Waals surface area contributed by atoms with Gasteiger partial charge in [-0.05, 0) is 12.5 Å². The third-order valence-corrected chi connectivity index (χ3v) is 5.76. The molecule has 3 N–H and O–H groups in total. The molecule has 0 radical (unpaired) electrons. The number of carbonyl (C=O) groups is 1. The Hall–Kier alpha value is -0.880. The van der Waals surface area contributed by atoms with Crippen LogP contribution in [0.4, 0.5) is 0 Å². The highest BCUT2D eigenvalue weighted by Gasteiger charge is 2.02. The number of hydrogen-bond donors (Lipinski definition) is 2. The molecular weight excluding hydrogens is 386 g/mol. The summed E-state index contributed by atoms with van der Waals surface area (Å²) in [5, 5.41) is 0. The van der Waals surface area contributed by atoms with E-state index in [1.165, 1.54) is 96.3 Å². The molecule has 0 aromatic heterocycles. The molecule has 0 heterocycles. The van der Waals surface area contributed by atoms with Crippen molar-refractivity contribution in [3.05, 3.63) is 12.7 Å². The van der Waals surface area contributed by atoms with Crippen molar-refractivity contribution in [1.82, 2.24) is 0 Å². The third-order valence-electron chi connectivity index (χ3n) is 4.96. The average Bonchev–Trinajstić information content (AvgIpc) is 2.66. The standard InChI is InChI=1S/C20H42O3S.C3H5NO/c1-2-3-4-5-6-7-8-9-10-11-12-13-14-15-16-17-18-19-20-24(21,22)23;1-2-3(4)5/h2-20H2,1H3,(H,21,22,23);2H,1H2,(H2,4,5). The lowest BCUT2D eigenvalue weighted by molar-refractivity contribution is -0.113. The molecule has 0 spiro atoms. The van der Waals surface area contributed by atoms with Gasteiger partial charge in [-0.3, -0.25) is 9.35 Å². The van der Waals surface area contributed by atoms with Crippen LogP contribution >= 0.6 is 0 Å². The van der Waals surface area contributed by atoms with E-state index in [0.717, 1.165) is 18.9 Å². The highest BCUT2D eigenvalue weighted by molar-refractivity contribution is 7.85. The molecule has 0 aromatic carbocycles. The van der Waals surface area contributed by atoms with Gasteiger partial charge in [-0.25, -0.2) is 0 Å². The lowest BCUT2D eigenvalue weighted by Gasteiger charge is -2.03. The molecule has 0 atom stereocenters. The van der Waals surface area contributed by atoms with E-state index in [9.17, 15) is 13.2 Å². The molecule has 0 bridgehead atoms. The van der Waals surface area contributed by atoms with E-state index in [2.05, 4.69) is 19.2 Å². The van der Waals surface area contributed by atoms with E-state index >= 15 is 0 Å². The molecule has 0 aliphatic rings. The molecule has 0 unspecified atom stereocenters. The first kappa shape index (κ1) is 30.3. The first-order valence-electron chi connectivity index (χ1n) is 11.7. The molecule has 0 saturated carbocycles. The Morgan fingerprint density at radius 2 is 0.966 bits per heavy atom. The van der Waals surface area contributed by atoms with E-state index in [1.807, 2.05) is 0 Å². The normalized spacial score (nSPS) is 11.0. The first-order chi connectivity index (χ1) is 13.8. The maximum absolute atomic E-state index is 10.6. The largest absolute Gasteiger partial charge is 0.366 e. The summed E-state index contributed by atoms with van der Waals surface area (Å²) in [5.74, 6) is -0.559. The minimum absolute atomic E-state index is 0.0776. The summed E-state index contributed by atoms with van der Waals surface area (Å²) in [4.78, 5) is 9.47. The van der Waals surface area contributed by atoms with Crippen LogP contribution in [0.1, 0.15) is 122 Å². The fourth-order valence-electron chi connectivity index (χ4n) is 3.19. The number of nitrogens with two attached hydrogens (primary N) is 1. The Morgan fingerprint density at radius 1 is 0.724 bits per heavy atom. The summed E-state index contributed by atoms with van der Waals surface area (Å²) < 4.78 is 29.7. The summed E-state index contributed by atoms with van der Waals surface area (Å²) in [7, 11) is -3.75. The van der Waals surface area contributed by atoms with Crippen LogP contribution in [0.25, 0.3) is 0 Å². The van der Waals surface area contributed by atoms with Gasteiger partial charge in [0.15, 0.2) is 0 Å². The van der Waals surface area contributed by atoms with Gasteiger partial charge in [0.1, 0.15) is 0 Å². The van der Waals surface area contributed by atoms with Gasteiger partial charge in [0.05, 0.1) is 5.75 Å². The van der Waals surface area contributed by atoms with Gasteiger partial charge < -0.3 is 5.73 Å². The highest BCUT2D eigenvalue weighted by atomic mass is 32.2. The quantitative estimate of drug-likeness (QED) is 0.129. The Labute approximate surface area is 180 Å². The van der Waals surface area contributed by atoms with Crippen LogP contribution in [0.3, 0.4) is 0 Å². The van der Waals surface area contributed by atoms with Crippen LogP contribution in [0.15, 0.2) is 12.7 Å². The van der Waals surface area contributed by atoms with E-state index in [-0.39, 0.29) is 5.75 Å². The van der Waals surface area contributed by atoms with Gasteiger partial charge in [0.25, 0.3) is 10.1 Å². The van der Waals surface area contributed by atoms with E-state index in [0.29, 0.717) is 6.42 Å². The highest BCUT2D eigenvalue weighted by Crippen LogP contribution is 2.14. The first-order valence-corrected chi connectivity index (χ1v) is 13.3. The molecule has 0 saturated heterocycles. The van der Waals surface area contributed by atoms with Crippen LogP contribution in [0, 0.1) is 0 Å². The number of hydrogen-bond acceptors (Lipinski definition) is 3. The van der Waals surface area contributed by atoms with Gasteiger partial charge in [0.2, 0.25) is 5.91 Å². The molecular formula is C23H47NO4S. The van der Waals surface area contributed by atoms with E-state index < -0.39 is 16.0 Å². The second kappa shape index (κ2) is 23.4. The summed E-state index contributed by atoms with van der Waals surface area (Å²) >= 11 is 0. The SMILES string of the molecule is C=CC(N)=O.CCCCCCCCCCCCCCCCCCCCS(=O)(=O)O. The number of unbranched alkanes of at least 4 members (excludes halogenated alkanes) is 17. The zero-order valence-electron chi connectivity index (χ0n) is 18.9. The predicted molar refractivity (Wildman–Crippen MR) is 125 cm³/mol. The van der Waals surface area contributed by atoms with Crippen molar-refractivity contribution in [2.45, 2.75) is 122 Å². The smallest absolute Gasteiger partial charge is 0.264 e. The molecule has 0 aliphatic carbocycles. The fraction of sp³-hybridized carbons (Fsp3) is 0.870. The number of amides is 1. The van der Waals surface area contributed by atoms with Crippen molar-refractivity contribution in [2.75, 3.05) is 5.75 Å².